The number of hydrogen-bond acceptors (Lipinski definition) is 4. The second-order valence-corrected chi connectivity index (χ2v) is 7.97. The molecule has 1 fully saturated rings. The lowest BCUT2D eigenvalue weighted by atomic mass is 9.90. The molecule has 23 heavy (non-hydrogen) atoms. The van der Waals surface area contributed by atoms with Crippen molar-refractivity contribution in [1.29, 1.82) is 0 Å². The van der Waals surface area contributed by atoms with Crippen molar-refractivity contribution in [2.24, 2.45) is 5.92 Å². The minimum absolute atomic E-state index is 0. The first-order chi connectivity index (χ1) is 9.93. The summed E-state index contributed by atoms with van der Waals surface area (Å²) in [4.78, 5) is 2.91. The highest BCUT2D eigenvalue weighted by Crippen LogP contribution is 2.31. The molecule has 1 saturated heterocycles. The molecule has 0 spiro atoms. The minimum atomic E-state index is -3.12. The fourth-order valence-corrected chi connectivity index (χ4v) is 3.63. The molecule has 0 saturated carbocycles. The van der Waals surface area contributed by atoms with Gasteiger partial charge in [0.15, 0.2) is 9.84 Å². The Kier molecular flexibility index (Phi) is 9.70. The predicted octanol–water partition coefficient (Wildman–Crippen LogP) is 2.93. The molecule has 0 aliphatic carbocycles. The fraction of sp³-hybridized carbons (Fsp3) is 0.625. The number of halogens is 2. The van der Waals surface area contributed by atoms with Gasteiger partial charge in [0.1, 0.15) is 0 Å². The standard InChI is InChI=1S/C16H26N2O2S.2ClH/c1-4-13(2)16(18-11-9-17-10-12-18)14-5-7-15(8-6-14)21(3,19)20;;/h5-8,13,16-17H,4,9-12H2,1-3H3;2*1H/t13?,16-;;/m0../s1. The van der Waals surface area contributed by atoms with Crippen LogP contribution in [0.1, 0.15) is 31.9 Å². The number of rotatable bonds is 5. The maximum atomic E-state index is 11.6. The Labute approximate surface area is 152 Å². The largest absolute Gasteiger partial charge is 0.314 e. The molecule has 1 aromatic carbocycles. The molecule has 0 aromatic heterocycles. The highest BCUT2D eigenvalue weighted by molar-refractivity contribution is 7.90. The first kappa shape index (κ1) is 22.7. The highest BCUT2D eigenvalue weighted by atomic mass is 35.5. The molecule has 2 atom stereocenters. The normalized spacial score (nSPS) is 18.4. The Morgan fingerprint density at radius 1 is 1.13 bits per heavy atom. The van der Waals surface area contributed by atoms with E-state index in [9.17, 15) is 8.42 Å². The number of hydrogen-bond donors (Lipinski definition) is 1. The summed E-state index contributed by atoms with van der Waals surface area (Å²) in [6.07, 6.45) is 2.37. The molecule has 0 amide bonds. The van der Waals surface area contributed by atoms with Gasteiger partial charge in [-0.2, -0.15) is 0 Å². The first-order valence-electron chi connectivity index (χ1n) is 7.68. The summed E-state index contributed by atoms with van der Waals surface area (Å²) < 4.78 is 23.2. The molecule has 1 aliphatic heterocycles. The van der Waals surface area contributed by atoms with Gasteiger partial charge in [0.05, 0.1) is 4.90 Å². The average Bonchev–Trinajstić information content (AvgIpc) is 2.48. The zero-order valence-electron chi connectivity index (χ0n) is 14.0. The summed E-state index contributed by atoms with van der Waals surface area (Å²) >= 11 is 0. The van der Waals surface area contributed by atoms with Crippen LogP contribution in [0.2, 0.25) is 0 Å². The van der Waals surface area contributed by atoms with E-state index in [1.54, 1.807) is 12.1 Å². The van der Waals surface area contributed by atoms with E-state index >= 15 is 0 Å². The van der Waals surface area contributed by atoms with E-state index in [0.717, 1.165) is 32.6 Å². The molecule has 1 heterocycles. The summed E-state index contributed by atoms with van der Waals surface area (Å²) in [6, 6.07) is 7.81. The SMILES string of the molecule is CCC(C)[C@@H](c1ccc(S(C)(=O)=O)cc1)N1CCNCC1.Cl.Cl. The Morgan fingerprint density at radius 2 is 1.65 bits per heavy atom. The van der Waals surface area contributed by atoms with Gasteiger partial charge in [0, 0.05) is 38.5 Å². The summed E-state index contributed by atoms with van der Waals surface area (Å²) in [7, 11) is -3.12. The summed E-state index contributed by atoms with van der Waals surface area (Å²) in [6.45, 7) is 8.62. The Hall–Kier alpha value is -0.330. The monoisotopic (exact) mass is 382 g/mol. The maximum absolute atomic E-state index is 11.6. The minimum Gasteiger partial charge on any atom is -0.314 e. The Balaban J connectivity index is 0.00000242. The van der Waals surface area contributed by atoms with Crippen molar-refractivity contribution in [3.8, 4) is 0 Å². The van der Waals surface area contributed by atoms with Crippen molar-refractivity contribution in [2.75, 3.05) is 32.4 Å². The van der Waals surface area contributed by atoms with Crippen molar-refractivity contribution in [3.63, 3.8) is 0 Å². The zero-order valence-corrected chi connectivity index (χ0v) is 16.4. The third kappa shape index (κ3) is 5.91. The van der Waals surface area contributed by atoms with Crippen LogP contribution in [0.25, 0.3) is 0 Å². The number of piperazine rings is 1. The topological polar surface area (TPSA) is 49.4 Å². The third-order valence-corrected chi connectivity index (χ3v) is 5.51. The van der Waals surface area contributed by atoms with Crippen LogP contribution >= 0.6 is 24.8 Å². The van der Waals surface area contributed by atoms with E-state index in [1.807, 2.05) is 12.1 Å². The molecule has 0 bridgehead atoms. The van der Waals surface area contributed by atoms with Gasteiger partial charge in [-0.25, -0.2) is 8.42 Å². The molecule has 1 N–H and O–H groups in total. The smallest absolute Gasteiger partial charge is 0.175 e. The lowest BCUT2D eigenvalue weighted by Crippen LogP contribution is -2.46. The van der Waals surface area contributed by atoms with Gasteiger partial charge in [0.2, 0.25) is 0 Å². The van der Waals surface area contributed by atoms with Crippen molar-refractivity contribution in [1.82, 2.24) is 10.2 Å². The van der Waals surface area contributed by atoms with E-state index in [2.05, 4.69) is 24.1 Å². The average molecular weight is 383 g/mol. The summed E-state index contributed by atoms with van der Waals surface area (Å²) in [5, 5.41) is 3.39. The van der Waals surface area contributed by atoms with Crippen LogP contribution in [-0.2, 0) is 9.84 Å². The second kappa shape index (κ2) is 9.84. The quantitative estimate of drug-likeness (QED) is 0.850. The number of benzene rings is 1. The molecule has 4 nitrogen and oxygen atoms in total. The molecule has 2 rings (SSSR count). The van der Waals surface area contributed by atoms with Crippen LogP contribution in [0.5, 0.6) is 0 Å². The Bertz CT molecular complexity index is 558. The van der Waals surface area contributed by atoms with Crippen LogP contribution in [-0.4, -0.2) is 45.8 Å². The lowest BCUT2D eigenvalue weighted by molar-refractivity contribution is 0.128. The molecule has 134 valence electrons. The fourth-order valence-electron chi connectivity index (χ4n) is 3.00. The summed E-state index contributed by atoms with van der Waals surface area (Å²) in [5.41, 5.74) is 1.22. The van der Waals surface area contributed by atoms with Crippen molar-refractivity contribution < 1.29 is 8.42 Å². The van der Waals surface area contributed by atoms with Crippen LogP contribution in [0.3, 0.4) is 0 Å². The van der Waals surface area contributed by atoms with Crippen LogP contribution in [0.4, 0.5) is 0 Å². The van der Waals surface area contributed by atoms with E-state index in [1.165, 1.54) is 11.8 Å². The van der Waals surface area contributed by atoms with Crippen molar-refractivity contribution in [2.45, 2.75) is 31.2 Å². The summed E-state index contributed by atoms with van der Waals surface area (Å²) in [5.74, 6) is 0.548. The van der Waals surface area contributed by atoms with Gasteiger partial charge >= 0.3 is 0 Å². The predicted molar refractivity (Wildman–Crippen MR) is 101 cm³/mol. The molecule has 7 heteroatoms. The van der Waals surface area contributed by atoms with E-state index < -0.39 is 9.84 Å². The maximum Gasteiger partial charge on any atom is 0.175 e. The molecule has 1 aliphatic rings. The zero-order chi connectivity index (χ0) is 15.5. The van der Waals surface area contributed by atoms with Crippen LogP contribution < -0.4 is 5.32 Å². The van der Waals surface area contributed by atoms with Gasteiger partial charge in [0.25, 0.3) is 0 Å². The molecular weight excluding hydrogens is 355 g/mol. The van der Waals surface area contributed by atoms with Gasteiger partial charge in [-0.15, -0.1) is 24.8 Å². The first-order valence-corrected chi connectivity index (χ1v) is 9.57. The van der Waals surface area contributed by atoms with Gasteiger partial charge in [-0.05, 0) is 23.6 Å². The molecule has 0 radical (unpaired) electrons. The van der Waals surface area contributed by atoms with Gasteiger partial charge in [-0.1, -0.05) is 32.4 Å². The number of nitrogens with zero attached hydrogens (tertiary/aromatic N) is 1. The lowest BCUT2D eigenvalue weighted by Gasteiger charge is -2.38. The highest BCUT2D eigenvalue weighted by Gasteiger charge is 2.26. The van der Waals surface area contributed by atoms with E-state index in [0.29, 0.717) is 16.9 Å². The Morgan fingerprint density at radius 3 is 2.09 bits per heavy atom. The van der Waals surface area contributed by atoms with Gasteiger partial charge < -0.3 is 5.32 Å². The van der Waals surface area contributed by atoms with Crippen molar-refractivity contribution >= 4 is 34.7 Å². The second-order valence-electron chi connectivity index (χ2n) is 5.96. The van der Waals surface area contributed by atoms with E-state index in [-0.39, 0.29) is 24.8 Å². The number of sulfone groups is 1. The van der Waals surface area contributed by atoms with Gasteiger partial charge in [-0.3, -0.25) is 4.90 Å². The van der Waals surface area contributed by atoms with Crippen molar-refractivity contribution in [3.05, 3.63) is 29.8 Å². The third-order valence-electron chi connectivity index (χ3n) is 4.38. The molecule has 1 aromatic rings. The molecule has 1 unspecified atom stereocenters. The number of nitrogens with one attached hydrogen (secondary N) is 1. The van der Waals surface area contributed by atoms with Crippen LogP contribution in [0, 0.1) is 5.92 Å². The molecular formula is C16H28Cl2N2O2S. The van der Waals surface area contributed by atoms with Crippen LogP contribution in [0.15, 0.2) is 29.2 Å². The van der Waals surface area contributed by atoms with E-state index in [4.69, 9.17) is 0 Å².